The predicted octanol–water partition coefficient (Wildman–Crippen LogP) is 2.29. The molecular weight excluding hydrogens is 169 g/mol. The molecule has 0 spiro atoms. The second-order valence-corrected chi connectivity index (χ2v) is 2.35. The van der Waals surface area contributed by atoms with Gasteiger partial charge >= 0.3 is 0 Å². The van der Waals surface area contributed by atoms with Crippen molar-refractivity contribution in [2.45, 2.75) is 0 Å². The Labute approximate surface area is 67.9 Å². The van der Waals surface area contributed by atoms with Gasteiger partial charge in [0.2, 0.25) is 0 Å². The molecule has 11 heavy (non-hydrogen) atoms. The molecule has 0 atom stereocenters. The van der Waals surface area contributed by atoms with Gasteiger partial charge < -0.3 is 5.21 Å². The molecule has 1 rings (SSSR count). The SMILES string of the molecule is ON=Cc1ccc(Cl)cc1F. The van der Waals surface area contributed by atoms with Gasteiger partial charge in [0, 0.05) is 10.6 Å². The van der Waals surface area contributed by atoms with Gasteiger partial charge in [-0.1, -0.05) is 16.8 Å². The van der Waals surface area contributed by atoms with E-state index in [9.17, 15) is 4.39 Å². The summed E-state index contributed by atoms with van der Waals surface area (Å²) in [5, 5.41) is 11.1. The lowest BCUT2D eigenvalue weighted by atomic mass is 10.2. The van der Waals surface area contributed by atoms with Crippen LogP contribution in [-0.2, 0) is 0 Å². The van der Waals surface area contributed by atoms with Gasteiger partial charge in [-0.3, -0.25) is 0 Å². The minimum Gasteiger partial charge on any atom is -0.411 e. The van der Waals surface area contributed by atoms with Crippen LogP contribution < -0.4 is 0 Å². The van der Waals surface area contributed by atoms with Crippen molar-refractivity contribution < 1.29 is 9.60 Å². The Morgan fingerprint density at radius 2 is 2.27 bits per heavy atom. The van der Waals surface area contributed by atoms with E-state index < -0.39 is 5.82 Å². The van der Waals surface area contributed by atoms with Crippen molar-refractivity contribution in [1.82, 2.24) is 0 Å². The molecule has 0 radical (unpaired) electrons. The molecule has 0 aliphatic carbocycles. The molecule has 0 aromatic heterocycles. The molecule has 0 bridgehead atoms. The fourth-order valence-corrected chi connectivity index (χ4v) is 0.827. The highest BCUT2D eigenvalue weighted by molar-refractivity contribution is 6.30. The van der Waals surface area contributed by atoms with Crippen molar-refractivity contribution >= 4 is 17.8 Å². The predicted molar refractivity (Wildman–Crippen MR) is 40.8 cm³/mol. The molecule has 58 valence electrons. The van der Waals surface area contributed by atoms with Crippen LogP contribution >= 0.6 is 11.6 Å². The summed E-state index contributed by atoms with van der Waals surface area (Å²) in [6.07, 6.45) is 1.01. The second-order valence-electron chi connectivity index (χ2n) is 1.91. The van der Waals surface area contributed by atoms with E-state index in [1.807, 2.05) is 0 Å². The Balaban J connectivity index is 3.09. The van der Waals surface area contributed by atoms with Crippen molar-refractivity contribution in [3.63, 3.8) is 0 Å². The summed E-state index contributed by atoms with van der Waals surface area (Å²) in [5.74, 6) is -0.504. The molecule has 0 amide bonds. The van der Waals surface area contributed by atoms with Crippen LogP contribution in [0, 0.1) is 5.82 Å². The van der Waals surface area contributed by atoms with Crippen molar-refractivity contribution in [2.75, 3.05) is 0 Å². The molecule has 4 heteroatoms. The molecular formula is C7H5ClFNO. The van der Waals surface area contributed by atoms with Crippen LogP contribution in [0.25, 0.3) is 0 Å². The molecule has 2 nitrogen and oxygen atoms in total. The van der Waals surface area contributed by atoms with Crippen LogP contribution in [0.15, 0.2) is 23.4 Å². The lowest BCUT2D eigenvalue weighted by Gasteiger charge is -1.94. The fraction of sp³-hybridized carbons (Fsp3) is 0. The first-order valence-electron chi connectivity index (χ1n) is 2.86. The molecule has 0 heterocycles. The molecule has 0 saturated carbocycles. The molecule has 1 aromatic rings. The van der Waals surface area contributed by atoms with Crippen LogP contribution in [-0.4, -0.2) is 11.4 Å². The third-order valence-electron chi connectivity index (χ3n) is 1.16. The number of nitrogens with zero attached hydrogens (tertiary/aromatic N) is 1. The minimum atomic E-state index is -0.504. The van der Waals surface area contributed by atoms with E-state index in [0.29, 0.717) is 5.02 Å². The van der Waals surface area contributed by atoms with Gasteiger partial charge in [-0.05, 0) is 18.2 Å². The van der Waals surface area contributed by atoms with E-state index in [1.54, 1.807) is 0 Å². The Morgan fingerprint density at radius 1 is 1.55 bits per heavy atom. The van der Waals surface area contributed by atoms with Crippen molar-refractivity contribution in [3.8, 4) is 0 Å². The molecule has 0 fully saturated rings. The van der Waals surface area contributed by atoms with Crippen molar-refractivity contribution in [3.05, 3.63) is 34.6 Å². The molecule has 1 N–H and O–H groups in total. The number of rotatable bonds is 1. The average molecular weight is 174 g/mol. The highest BCUT2D eigenvalue weighted by Gasteiger charge is 1.98. The normalized spacial score (nSPS) is 10.7. The van der Waals surface area contributed by atoms with E-state index in [0.717, 1.165) is 12.3 Å². The Hall–Kier alpha value is -1.09. The zero-order chi connectivity index (χ0) is 8.27. The first-order chi connectivity index (χ1) is 5.24. The number of hydrogen-bond donors (Lipinski definition) is 1. The van der Waals surface area contributed by atoms with Crippen LogP contribution in [0.1, 0.15) is 5.56 Å². The van der Waals surface area contributed by atoms with Crippen molar-refractivity contribution in [2.24, 2.45) is 5.16 Å². The quantitative estimate of drug-likeness (QED) is 0.395. The highest BCUT2D eigenvalue weighted by Crippen LogP contribution is 2.12. The maximum atomic E-state index is 12.8. The highest BCUT2D eigenvalue weighted by atomic mass is 35.5. The summed E-state index contributed by atoms with van der Waals surface area (Å²) in [6, 6.07) is 4.09. The minimum absolute atomic E-state index is 0.205. The standard InChI is InChI=1S/C7H5ClFNO/c8-6-2-1-5(4-10-11)7(9)3-6/h1-4,11H. The Bertz CT molecular complexity index is 288. The zero-order valence-corrected chi connectivity index (χ0v) is 6.22. The molecule has 0 saturated heterocycles. The topological polar surface area (TPSA) is 32.6 Å². The van der Waals surface area contributed by atoms with Gasteiger partial charge in [0.05, 0.1) is 6.21 Å². The number of hydrogen-bond acceptors (Lipinski definition) is 2. The van der Waals surface area contributed by atoms with Gasteiger partial charge in [0.15, 0.2) is 0 Å². The van der Waals surface area contributed by atoms with Crippen LogP contribution in [0.5, 0.6) is 0 Å². The first kappa shape index (κ1) is 8.01. The van der Waals surface area contributed by atoms with Gasteiger partial charge in [-0.25, -0.2) is 4.39 Å². The largest absolute Gasteiger partial charge is 0.411 e. The Morgan fingerprint density at radius 3 is 2.82 bits per heavy atom. The summed E-state index contributed by atoms with van der Waals surface area (Å²) < 4.78 is 12.8. The number of benzene rings is 1. The maximum Gasteiger partial charge on any atom is 0.133 e. The first-order valence-corrected chi connectivity index (χ1v) is 3.24. The van der Waals surface area contributed by atoms with Crippen LogP contribution in [0.3, 0.4) is 0 Å². The lowest BCUT2D eigenvalue weighted by molar-refractivity contribution is 0.321. The molecule has 0 unspecified atom stereocenters. The Kier molecular flexibility index (Phi) is 2.44. The maximum absolute atomic E-state index is 12.8. The van der Waals surface area contributed by atoms with E-state index in [4.69, 9.17) is 16.8 Å². The summed E-state index contributed by atoms with van der Waals surface area (Å²) >= 11 is 5.47. The van der Waals surface area contributed by atoms with Gasteiger partial charge in [-0.2, -0.15) is 0 Å². The summed E-state index contributed by atoms with van der Waals surface area (Å²) in [5.41, 5.74) is 0.205. The average Bonchev–Trinajstić information content (AvgIpc) is 1.95. The smallest absolute Gasteiger partial charge is 0.133 e. The monoisotopic (exact) mass is 173 g/mol. The van der Waals surface area contributed by atoms with Crippen molar-refractivity contribution in [1.29, 1.82) is 0 Å². The fourth-order valence-electron chi connectivity index (χ4n) is 0.668. The van der Waals surface area contributed by atoms with Crippen LogP contribution in [0.4, 0.5) is 4.39 Å². The van der Waals surface area contributed by atoms with E-state index in [1.165, 1.54) is 12.1 Å². The number of oxime groups is 1. The number of halogens is 2. The third kappa shape index (κ3) is 1.91. The summed E-state index contributed by atoms with van der Waals surface area (Å²) in [4.78, 5) is 0. The lowest BCUT2D eigenvalue weighted by Crippen LogP contribution is -1.86. The van der Waals surface area contributed by atoms with Gasteiger partial charge in [0.1, 0.15) is 5.82 Å². The zero-order valence-electron chi connectivity index (χ0n) is 5.46. The molecule has 0 aliphatic heterocycles. The summed E-state index contributed by atoms with van der Waals surface area (Å²) in [6.45, 7) is 0. The molecule has 0 aliphatic rings. The van der Waals surface area contributed by atoms with Crippen LogP contribution in [0.2, 0.25) is 5.02 Å². The second kappa shape index (κ2) is 3.34. The van der Waals surface area contributed by atoms with E-state index >= 15 is 0 Å². The van der Waals surface area contributed by atoms with Gasteiger partial charge in [0.25, 0.3) is 0 Å². The van der Waals surface area contributed by atoms with Gasteiger partial charge in [-0.15, -0.1) is 0 Å². The van der Waals surface area contributed by atoms with E-state index in [2.05, 4.69) is 5.16 Å². The summed E-state index contributed by atoms with van der Waals surface area (Å²) in [7, 11) is 0. The van der Waals surface area contributed by atoms with E-state index in [-0.39, 0.29) is 5.56 Å². The third-order valence-corrected chi connectivity index (χ3v) is 1.39. The molecule has 1 aromatic carbocycles.